The van der Waals surface area contributed by atoms with Gasteiger partial charge in [0.25, 0.3) is 27.2 Å². The first-order chi connectivity index (χ1) is 21.0. The molecule has 3 aromatic carbocycles. The van der Waals surface area contributed by atoms with Gasteiger partial charge in [0.15, 0.2) is 5.11 Å². The number of amides is 2. The van der Waals surface area contributed by atoms with Crippen molar-refractivity contribution < 1.29 is 31.9 Å². The second-order valence-corrected chi connectivity index (χ2v) is 12.2. The molecular weight excluding hydrogens is 605 g/mol. The fraction of sp³-hybridized carbons (Fsp3) is 0.233. The van der Waals surface area contributed by atoms with Crippen LogP contribution in [-0.2, 0) is 33.2 Å². The number of hydrogen-bond acceptors (Lipinski definition) is 7. The maximum absolute atomic E-state index is 13.9. The van der Waals surface area contributed by atoms with E-state index < -0.39 is 27.9 Å². The summed E-state index contributed by atoms with van der Waals surface area (Å²) in [6.07, 6.45) is -0.240. The Kier molecular flexibility index (Phi) is 8.65. The Bertz CT molecular complexity index is 1880. The number of carbonyl (C=O) groups excluding carboxylic acids is 2. The summed E-state index contributed by atoms with van der Waals surface area (Å²) < 4.78 is 41.9. The van der Waals surface area contributed by atoms with Crippen LogP contribution in [0.5, 0.6) is 5.75 Å². The first-order valence-electron chi connectivity index (χ1n) is 13.5. The fourth-order valence-electron chi connectivity index (χ4n) is 4.62. The third-order valence-corrected chi connectivity index (χ3v) is 8.78. The van der Waals surface area contributed by atoms with Crippen molar-refractivity contribution in [2.75, 3.05) is 17.3 Å². The Morgan fingerprint density at radius 1 is 1.05 bits per heavy atom. The van der Waals surface area contributed by atoms with Gasteiger partial charge in [-0.25, -0.2) is 4.68 Å². The Morgan fingerprint density at radius 3 is 2.27 bits per heavy atom. The van der Waals surface area contributed by atoms with Crippen LogP contribution in [0.15, 0.2) is 86.6 Å². The molecule has 1 fully saturated rings. The van der Waals surface area contributed by atoms with Crippen molar-refractivity contribution >= 4 is 50.5 Å². The van der Waals surface area contributed by atoms with Crippen molar-refractivity contribution in [2.24, 2.45) is 11.4 Å². The number of thiocarbonyl (C=S) groups is 1. The third-order valence-electron chi connectivity index (χ3n) is 7.09. The van der Waals surface area contributed by atoms with E-state index in [-0.39, 0.29) is 34.2 Å². The highest BCUT2D eigenvalue weighted by molar-refractivity contribution is 7.90. The Morgan fingerprint density at radius 2 is 1.66 bits per heavy atom. The van der Waals surface area contributed by atoms with Crippen molar-refractivity contribution in [3.05, 3.63) is 95.2 Å². The molecule has 1 aliphatic rings. The predicted molar refractivity (Wildman–Crippen MR) is 164 cm³/mol. The average molecular weight is 635 g/mol. The summed E-state index contributed by atoms with van der Waals surface area (Å²) in [6.45, 7) is 3.65. The second-order valence-electron chi connectivity index (χ2n) is 10.2. The summed E-state index contributed by atoms with van der Waals surface area (Å²) in [5.74, 6) is -0.200. The number of rotatable bonds is 9. The molecule has 4 aromatic rings. The van der Waals surface area contributed by atoms with Crippen LogP contribution in [0.1, 0.15) is 23.2 Å². The van der Waals surface area contributed by atoms with Gasteiger partial charge >= 0.3 is 0 Å². The molecule has 0 spiro atoms. The minimum atomic E-state index is -4.15. The monoisotopic (exact) mass is 634 g/mol. The minimum absolute atomic E-state index is 0.0152. The van der Waals surface area contributed by atoms with Crippen LogP contribution in [-0.4, -0.2) is 43.4 Å². The van der Waals surface area contributed by atoms with Crippen LogP contribution in [0, 0.1) is 13.8 Å². The van der Waals surface area contributed by atoms with E-state index in [9.17, 15) is 18.0 Å². The molecule has 2 amide bonds. The first-order valence-corrected chi connectivity index (χ1v) is 15.4. The number of benzene rings is 3. The summed E-state index contributed by atoms with van der Waals surface area (Å²) in [7, 11) is -1.05. The van der Waals surface area contributed by atoms with Gasteiger partial charge in [-0.15, -0.1) is 4.40 Å². The average Bonchev–Trinajstić information content (AvgIpc) is 3.44. The van der Waals surface area contributed by atoms with Gasteiger partial charge in [-0.05, 0) is 74.6 Å². The lowest BCUT2D eigenvalue weighted by Crippen LogP contribution is -2.45. The van der Waals surface area contributed by atoms with Crippen molar-refractivity contribution in [3.8, 4) is 5.75 Å². The van der Waals surface area contributed by atoms with Gasteiger partial charge in [-0.1, -0.05) is 35.4 Å². The lowest BCUT2D eigenvalue weighted by atomic mass is 10.1. The summed E-state index contributed by atoms with van der Waals surface area (Å²) in [4.78, 5) is 30.0. The summed E-state index contributed by atoms with van der Waals surface area (Å²) >= 11 is 5.78. The van der Waals surface area contributed by atoms with Crippen molar-refractivity contribution in [1.29, 1.82) is 0 Å². The molecule has 44 heavy (non-hydrogen) atoms. The van der Waals surface area contributed by atoms with E-state index in [2.05, 4.69) is 15.0 Å². The van der Waals surface area contributed by atoms with Gasteiger partial charge in [-0.3, -0.25) is 19.8 Å². The van der Waals surface area contributed by atoms with Crippen molar-refractivity contribution in [2.45, 2.75) is 37.8 Å². The fourth-order valence-corrected chi connectivity index (χ4v) is 5.95. The Balaban J connectivity index is 1.48. The van der Waals surface area contributed by atoms with Crippen LogP contribution in [0.2, 0.25) is 0 Å². The molecule has 14 heteroatoms. The number of nitrogens with one attached hydrogen (secondary N) is 1. The van der Waals surface area contributed by atoms with Crippen molar-refractivity contribution in [3.63, 3.8) is 0 Å². The summed E-state index contributed by atoms with van der Waals surface area (Å²) in [5.41, 5.74) is 2.92. The minimum Gasteiger partial charge on any atom is -0.497 e. The van der Waals surface area contributed by atoms with Gasteiger partial charge in [0.1, 0.15) is 25.4 Å². The molecule has 1 atom stereocenters. The molecule has 0 bridgehead atoms. The molecule has 1 N–H and O–H groups in total. The maximum atomic E-state index is 13.9. The molecule has 0 saturated carbocycles. The lowest BCUT2D eigenvalue weighted by Gasteiger charge is -2.22. The highest BCUT2D eigenvalue weighted by atomic mass is 32.2. The molecule has 1 saturated heterocycles. The highest BCUT2D eigenvalue weighted by Crippen LogP contribution is 2.29. The SMILES string of the molecule is COc1ccc(NC(=O)CC2C(=O)N(c3ccc(C)cc3)C(=S)N2Cc2/c(=N/S(=O)(=O)c3ccc(C)cc3)o[n-][n+]2C)cc1. The number of anilines is 2. The van der Waals surface area contributed by atoms with Gasteiger partial charge in [0.05, 0.1) is 24.1 Å². The third kappa shape index (κ3) is 6.40. The number of hydrogen-bond donors (Lipinski definition) is 1. The van der Waals surface area contributed by atoms with Gasteiger partial charge in [-0.2, -0.15) is 8.42 Å². The van der Waals surface area contributed by atoms with E-state index in [0.29, 0.717) is 17.1 Å². The first kappa shape index (κ1) is 30.6. The van der Waals surface area contributed by atoms with Crippen LogP contribution >= 0.6 is 12.2 Å². The summed E-state index contributed by atoms with van der Waals surface area (Å²) in [6, 6.07) is 19.3. The Hall–Kier alpha value is -4.82. The number of sulfonamides is 1. The standard InChI is InChI=1S/C30H30N6O6S2/c1-19-5-11-22(12-6-19)36-29(38)25(17-27(37)31-21-9-13-23(41-4)14-10-21)35(30(36)43)18-26-28(42-33-34(26)3)32-44(39,40)24-15-7-20(2)8-16-24/h5-16,25H,17-18H2,1-4H3,(H,31,37)/b32-28-. The molecule has 2 heterocycles. The van der Waals surface area contributed by atoms with Gasteiger partial charge in [0.2, 0.25) is 5.91 Å². The topological polar surface area (TPSA) is 140 Å². The van der Waals surface area contributed by atoms with Crippen LogP contribution in [0.4, 0.5) is 11.4 Å². The quantitative estimate of drug-likeness (QED) is 0.217. The van der Waals surface area contributed by atoms with Gasteiger partial charge < -0.3 is 19.5 Å². The number of nitrogens with zero attached hydrogens (tertiary/aromatic N) is 5. The van der Waals surface area contributed by atoms with Gasteiger partial charge in [0, 0.05) is 5.69 Å². The highest BCUT2D eigenvalue weighted by Gasteiger charge is 2.45. The zero-order valence-corrected chi connectivity index (χ0v) is 26.1. The van der Waals surface area contributed by atoms with Crippen LogP contribution in [0.25, 0.3) is 0 Å². The molecule has 0 aliphatic carbocycles. The van der Waals surface area contributed by atoms with E-state index in [1.54, 1.807) is 67.6 Å². The zero-order valence-electron chi connectivity index (χ0n) is 24.4. The molecule has 12 nitrogen and oxygen atoms in total. The van der Waals surface area contributed by atoms with Crippen LogP contribution < -0.4 is 30.5 Å². The molecule has 1 unspecified atom stereocenters. The predicted octanol–water partition coefficient (Wildman–Crippen LogP) is 2.51. The Labute approximate surface area is 259 Å². The zero-order chi connectivity index (χ0) is 31.6. The molecule has 1 aromatic heterocycles. The van der Waals surface area contributed by atoms with E-state index in [0.717, 1.165) is 11.1 Å². The van der Waals surface area contributed by atoms with E-state index in [1.807, 2.05) is 26.0 Å². The lowest BCUT2D eigenvalue weighted by molar-refractivity contribution is -0.752. The van der Waals surface area contributed by atoms with Crippen molar-refractivity contribution in [1.82, 2.24) is 10.2 Å². The van der Waals surface area contributed by atoms with E-state index in [1.165, 1.54) is 21.7 Å². The smallest absolute Gasteiger partial charge is 0.289 e. The second kappa shape index (κ2) is 12.4. The molecular formula is C30H30N6O6S2. The number of aromatic nitrogens is 2. The number of aryl methyl sites for hydroxylation is 3. The van der Waals surface area contributed by atoms with Crippen LogP contribution in [0.3, 0.4) is 0 Å². The number of ether oxygens (including phenoxy) is 1. The molecule has 1 aliphatic heterocycles. The maximum Gasteiger partial charge on any atom is 0.289 e. The number of carbonyl (C=O) groups is 2. The van der Waals surface area contributed by atoms with E-state index in [4.69, 9.17) is 21.5 Å². The normalized spacial score (nSPS) is 15.6. The number of methoxy groups -OCH3 is 1. The van der Waals surface area contributed by atoms with E-state index >= 15 is 0 Å². The molecule has 5 rings (SSSR count). The largest absolute Gasteiger partial charge is 0.497 e. The summed E-state index contributed by atoms with van der Waals surface area (Å²) in [5, 5.41) is 6.80. The molecule has 0 radical (unpaired) electrons. The molecule has 228 valence electrons.